The molecule has 0 spiro atoms. The molecule has 3 aromatic rings. The van der Waals surface area contributed by atoms with Gasteiger partial charge in [-0.2, -0.15) is 0 Å². The second-order valence-electron chi connectivity index (χ2n) is 10.3. The number of carbonyl (C=O) groups is 1. The predicted molar refractivity (Wildman–Crippen MR) is 149 cm³/mol. The number of amides is 1. The van der Waals surface area contributed by atoms with E-state index in [9.17, 15) is 9.59 Å². The van der Waals surface area contributed by atoms with E-state index in [1.807, 2.05) is 50.2 Å². The maximum Gasteiger partial charge on any atom is 0.276 e. The number of carbonyl (C=O) groups excluding carboxylic acids is 1. The zero-order chi connectivity index (χ0) is 26.1. The van der Waals surface area contributed by atoms with Crippen LogP contribution in [-0.2, 0) is 11.8 Å². The third kappa shape index (κ3) is 6.54. The quantitative estimate of drug-likeness (QED) is 0.259. The molecule has 0 aliphatic heterocycles. The summed E-state index contributed by atoms with van der Waals surface area (Å²) in [4.78, 5) is 31.4. The first kappa shape index (κ1) is 27.4. The van der Waals surface area contributed by atoms with E-state index in [1.165, 1.54) is 43.1 Å². The Morgan fingerprint density at radius 3 is 2.42 bits per heavy atom. The highest BCUT2D eigenvalue weighted by Gasteiger charge is 2.29. The first-order valence-electron chi connectivity index (χ1n) is 13.2. The zero-order valence-corrected chi connectivity index (χ0v) is 22.5. The summed E-state index contributed by atoms with van der Waals surface area (Å²) in [6.45, 7) is 6.15. The minimum atomic E-state index is -0.594. The molecule has 0 saturated heterocycles. The molecule has 36 heavy (non-hydrogen) atoms. The minimum Gasteiger partial charge on any atom is -0.497 e. The van der Waals surface area contributed by atoms with Crippen LogP contribution in [0.4, 0.5) is 5.69 Å². The molecule has 0 aliphatic rings. The van der Waals surface area contributed by atoms with Crippen LogP contribution in [-0.4, -0.2) is 22.6 Å². The van der Waals surface area contributed by atoms with Crippen molar-refractivity contribution < 1.29 is 9.53 Å². The number of anilines is 1. The smallest absolute Gasteiger partial charge is 0.276 e. The third-order valence-electron chi connectivity index (χ3n) is 7.01. The van der Waals surface area contributed by atoms with Crippen LogP contribution in [0.25, 0.3) is 22.2 Å². The van der Waals surface area contributed by atoms with Gasteiger partial charge >= 0.3 is 0 Å². The summed E-state index contributed by atoms with van der Waals surface area (Å²) < 4.78 is 6.92. The van der Waals surface area contributed by atoms with E-state index < -0.39 is 5.41 Å². The van der Waals surface area contributed by atoms with Gasteiger partial charge in [-0.05, 0) is 36.2 Å². The molecule has 1 aromatic carbocycles. The van der Waals surface area contributed by atoms with Gasteiger partial charge < -0.3 is 10.1 Å². The summed E-state index contributed by atoms with van der Waals surface area (Å²) >= 11 is 0. The summed E-state index contributed by atoms with van der Waals surface area (Å²) in [6.07, 6.45) is 12.2. The first-order valence-corrected chi connectivity index (χ1v) is 13.2. The van der Waals surface area contributed by atoms with E-state index >= 15 is 0 Å². The summed E-state index contributed by atoms with van der Waals surface area (Å²) in [5.74, 6) is 0.535. The lowest BCUT2D eigenvalue weighted by atomic mass is 9.85. The Bertz CT molecular complexity index is 1230. The molecule has 0 radical (unpaired) electrons. The molecule has 1 N–H and O–H groups in total. The monoisotopic (exact) mass is 491 g/mol. The van der Waals surface area contributed by atoms with E-state index in [-0.39, 0.29) is 17.2 Å². The number of rotatable bonds is 13. The highest BCUT2D eigenvalue weighted by Crippen LogP contribution is 2.35. The maximum absolute atomic E-state index is 13.5. The van der Waals surface area contributed by atoms with Crippen LogP contribution in [0.5, 0.6) is 5.75 Å². The molecule has 0 unspecified atom stereocenters. The van der Waals surface area contributed by atoms with E-state index in [0.717, 1.165) is 30.2 Å². The number of nitrogens with zero attached hydrogens (tertiary/aromatic N) is 2. The highest BCUT2D eigenvalue weighted by atomic mass is 16.5. The van der Waals surface area contributed by atoms with Gasteiger partial charge in [0.05, 0.1) is 7.11 Å². The van der Waals surface area contributed by atoms with E-state index in [0.29, 0.717) is 17.0 Å². The van der Waals surface area contributed by atoms with Crippen LogP contribution in [0.1, 0.15) is 78.6 Å². The minimum absolute atomic E-state index is 0.144. The van der Waals surface area contributed by atoms with Crippen LogP contribution in [0.3, 0.4) is 0 Å². The topological polar surface area (TPSA) is 73.2 Å². The summed E-state index contributed by atoms with van der Waals surface area (Å²) in [5, 5.41) is 3.82. The molecule has 1 amide bonds. The number of nitrogens with one attached hydrogen (secondary N) is 1. The molecular weight excluding hydrogens is 450 g/mol. The molecule has 3 rings (SSSR count). The normalized spacial score (nSPS) is 11.6. The molecule has 0 saturated carbocycles. The number of methoxy groups -OCH3 is 1. The van der Waals surface area contributed by atoms with Crippen LogP contribution in [0.2, 0.25) is 0 Å². The Kier molecular flexibility index (Phi) is 9.68. The summed E-state index contributed by atoms with van der Waals surface area (Å²) in [7, 11) is 3.30. The number of unbranched alkanes of at least 4 members (excludes halogenated alkanes) is 7. The van der Waals surface area contributed by atoms with Gasteiger partial charge in [0.15, 0.2) is 0 Å². The SMILES string of the molecule is CCCCCCCCCCC(C)(C)C(=O)Nc1c(-c2cccc(OC)c2)c2cccnc2n(C)c1=O. The molecule has 0 aliphatic carbocycles. The van der Waals surface area contributed by atoms with Gasteiger partial charge in [0.2, 0.25) is 5.91 Å². The summed E-state index contributed by atoms with van der Waals surface area (Å²) in [6, 6.07) is 11.3. The second-order valence-corrected chi connectivity index (χ2v) is 10.3. The lowest BCUT2D eigenvalue weighted by Gasteiger charge is -2.25. The highest BCUT2D eigenvalue weighted by molar-refractivity contribution is 6.05. The molecule has 194 valence electrons. The summed E-state index contributed by atoms with van der Waals surface area (Å²) in [5.41, 5.74) is 1.42. The Hall–Kier alpha value is -3.15. The molecule has 2 aromatic heterocycles. The van der Waals surface area contributed by atoms with Crippen molar-refractivity contribution >= 4 is 22.6 Å². The van der Waals surface area contributed by atoms with E-state index in [4.69, 9.17) is 4.74 Å². The number of fused-ring (bicyclic) bond motifs is 1. The number of hydrogen-bond donors (Lipinski definition) is 1. The third-order valence-corrected chi connectivity index (χ3v) is 7.01. The molecular formula is C30H41N3O3. The number of pyridine rings is 2. The van der Waals surface area contributed by atoms with Crippen LogP contribution < -0.4 is 15.6 Å². The van der Waals surface area contributed by atoms with Crippen molar-refractivity contribution in [3.63, 3.8) is 0 Å². The lowest BCUT2D eigenvalue weighted by Crippen LogP contribution is -2.34. The lowest BCUT2D eigenvalue weighted by molar-refractivity contribution is -0.124. The van der Waals surface area contributed by atoms with Gasteiger partial charge in [0.25, 0.3) is 5.56 Å². The largest absolute Gasteiger partial charge is 0.497 e. The number of hydrogen-bond acceptors (Lipinski definition) is 4. The van der Waals surface area contributed by atoms with Gasteiger partial charge in [0.1, 0.15) is 17.1 Å². The molecule has 0 fully saturated rings. The van der Waals surface area contributed by atoms with Crippen molar-refractivity contribution in [3.05, 3.63) is 52.9 Å². The van der Waals surface area contributed by atoms with Crippen molar-refractivity contribution in [2.45, 2.75) is 78.6 Å². The van der Waals surface area contributed by atoms with Crippen LogP contribution >= 0.6 is 0 Å². The van der Waals surface area contributed by atoms with Gasteiger partial charge in [-0.25, -0.2) is 4.98 Å². The number of aromatic nitrogens is 2. The van der Waals surface area contributed by atoms with Crippen molar-refractivity contribution in [2.75, 3.05) is 12.4 Å². The number of aryl methyl sites for hydroxylation is 1. The van der Waals surface area contributed by atoms with Crippen molar-refractivity contribution in [3.8, 4) is 16.9 Å². The fourth-order valence-corrected chi connectivity index (χ4v) is 4.66. The van der Waals surface area contributed by atoms with Crippen molar-refractivity contribution in [1.29, 1.82) is 0 Å². The Labute approximate surface area is 215 Å². The van der Waals surface area contributed by atoms with Crippen molar-refractivity contribution in [1.82, 2.24) is 9.55 Å². The average molecular weight is 492 g/mol. The molecule has 0 bridgehead atoms. The number of ether oxygens (including phenoxy) is 1. The molecule has 6 heteroatoms. The van der Waals surface area contributed by atoms with Gasteiger partial charge in [-0.1, -0.05) is 84.3 Å². The van der Waals surface area contributed by atoms with Crippen LogP contribution in [0, 0.1) is 5.41 Å². The number of benzene rings is 1. The predicted octanol–water partition coefficient (Wildman–Crippen LogP) is 7.10. The van der Waals surface area contributed by atoms with E-state index in [2.05, 4.69) is 17.2 Å². The van der Waals surface area contributed by atoms with Crippen molar-refractivity contribution in [2.24, 2.45) is 12.5 Å². The van der Waals surface area contributed by atoms with Gasteiger partial charge in [-0.15, -0.1) is 0 Å². The Morgan fingerprint density at radius 2 is 1.72 bits per heavy atom. The van der Waals surface area contributed by atoms with Gasteiger partial charge in [0, 0.05) is 29.6 Å². The van der Waals surface area contributed by atoms with E-state index in [1.54, 1.807) is 20.4 Å². The Balaban J connectivity index is 1.85. The molecule has 2 heterocycles. The molecule has 6 nitrogen and oxygen atoms in total. The first-order chi connectivity index (χ1) is 17.3. The average Bonchev–Trinajstić information content (AvgIpc) is 2.88. The second kappa shape index (κ2) is 12.7. The Morgan fingerprint density at radius 1 is 1.03 bits per heavy atom. The fraction of sp³-hybridized carbons (Fsp3) is 0.500. The fourth-order valence-electron chi connectivity index (χ4n) is 4.66. The zero-order valence-electron chi connectivity index (χ0n) is 22.5. The molecule has 0 atom stereocenters. The standard InChI is InChI=1S/C30H41N3O3/c1-6-7-8-9-10-11-12-13-19-30(2,3)29(35)32-26-25(22-16-14-17-23(21-22)36-5)24-18-15-20-31-27(24)33(4)28(26)34/h14-18,20-21H,6-13,19H2,1-5H3,(H,32,35). The maximum atomic E-state index is 13.5. The van der Waals surface area contributed by atoms with Gasteiger partial charge in [-0.3, -0.25) is 14.2 Å². The van der Waals surface area contributed by atoms with Crippen LogP contribution in [0.15, 0.2) is 47.4 Å².